The summed E-state index contributed by atoms with van der Waals surface area (Å²) in [6, 6.07) is 10.9. The molecule has 0 aliphatic carbocycles. The SMILES string of the molecule is Cc1ccc(Oc2cc(C#N)cc(C)n2)c(N)c1. The monoisotopic (exact) mass is 239 g/mol. The smallest absolute Gasteiger partial charge is 0.220 e. The number of hydrogen-bond acceptors (Lipinski definition) is 4. The number of nitrogens with two attached hydrogens (primary N) is 1. The lowest BCUT2D eigenvalue weighted by Gasteiger charge is -2.09. The number of nitriles is 1. The van der Waals surface area contributed by atoms with Crippen molar-refractivity contribution in [2.75, 3.05) is 5.73 Å². The average Bonchev–Trinajstić information content (AvgIpc) is 2.32. The lowest BCUT2D eigenvalue weighted by molar-refractivity contribution is 0.463. The minimum Gasteiger partial charge on any atom is -0.437 e. The zero-order chi connectivity index (χ0) is 13.1. The van der Waals surface area contributed by atoms with Gasteiger partial charge in [-0.2, -0.15) is 5.26 Å². The van der Waals surface area contributed by atoms with E-state index in [1.54, 1.807) is 18.2 Å². The molecule has 2 aromatic rings. The highest BCUT2D eigenvalue weighted by atomic mass is 16.5. The first-order valence-corrected chi connectivity index (χ1v) is 5.51. The molecule has 0 bridgehead atoms. The van der Waals surface area contributed by atoms with Crippen molar-refractivity contribution in [3.8, 4) is 17.7 Å². The number of benzene rings is 1. The highest BCUT2D eigenvalue weighted by molar-refractivity contribution is 5.55. The van der Waals surface area contributed by atoms with Gasteiger partial charge >= 0.3 is 0 Å². The number of rotatable bonds is 2. The topological polar surface area (TPSA) is 71.9 Å². The highest BCUT2D eigenvalue weighted by Gasteiger charge is 2.05. The van der Waals surface area contributed by atoms with Gasteiger partial charge in [-0.15, -0.1) is 0 Å². The van der Waals surface area contributed by atoms with E-state index in [-0.39, 0.29) is 0 Å². The van der Waals surface area contributed by atoms with E-state index in [0.29, 0.717) is 22.9 Å². The number of aromatic nitrogens is 1. The summed E-state index contributed by atoms with van der Waals surface area (Å²) in [4.78, 5) is 4.21. The van der Waals surface area contributed by atoms with E-state index in [4.69, 9.17) is 15.7 Å². The van der Waals surface area contributed by atoms with Gasteiger partial charge in [0.2, 0.25) is 5.88 Å². The van der Waals surface area contributed by atoms with Crippen molar-refractivity contribution in [1.29, 1.82) is 5.26 Å². The van der Waals surface area contributed by atoms with E-state index in [1.807, 2.05) is 26.0 Å². The molecule has 2 N–H and O–H groups in total. The number of pyridine rings is 1. The molecule has 4 nitrogen and oxygen atoms in total. The largest absolute Gasteiger partial charge is 0.437 e. The summed E-state index contributed by atoms with van der Waals surface area (Å²) >= 11 is 0. The summed E-state index contributed by atoms with van der Waals surface area (Å²) in [5.41, 5.74) is 8.73. The first-order valence-electron chi connectivity index (χ1n) is 5.51. The number of aryl methyl sites for hydroxylation is 2. The predicted molar refractivity (Wildman–Crippen MR) is 69.4 cm³/mol. The van der Waals surface area contributed by atoms with E-state index in [2.05, 4.69) is 11.1 Å². The van der Waals surface area contributed by atoms with Gasteiger partial charge in [0.15, 0.2) is 5.75 Å². The summed E-state index contributed by atoms with van der Waals surface area (Å²) in [7, 11) is 0. The molecule has 2 rings (SSSR count). The van der Waals surface area contributed by atoms with Gasteiger partial charge in [-0.25, -0.2) is 4.98 Å². The van der Waals surface area contributed by atoms with Crippen molar-refractivity contribution >= 4 is 5.69 Å². The van der Waals surface area contributed by atoms with Gasteiger partial charge in [-0.1, -0.05) is 6.07 Å². The molecule has 90 valence electrons. The number of nitrogens with zero attached hydrogens (tertiary/aromatic N) is 2. The second kappa shape index (κ2) is 4.76. The molecule has 18 heavy (non-hydrogen) atoms. The molecule has 1 aromatic heterocycles. The summed E-state index contributed by atoms with van der Waals surface area (Å²) in [5.74, 6) is 0.921. The normalized spacial score (nSPS) is 9.83. The van der Waals surface area contributed by atoms with Gasteiger partial charge in [0, 0.05) is 11.8 Å². The molecule has 1 aromatic carbocycles. The molecular weight excluding hydrogens is 226 g/mol. The van der Waals surface area contributed by atoms with Gasteiger partial charge in [0.05, 0.1) is 17.3 Å². The molecule has 0 fully saturated rings. The van der Waals surface area contributed by atoms with Crippen LogP contribution >= 0.6 is 0 Å². The lowest BCUT2D eigenvalue weighted by atomic mass is 10.2. The van der Waals surface area contributed by atoms with E-state index in [0.717, 1.165) is 11.3 Å². The van der Waals surface area contributed by atoms with Crippen molar-refractivity contribution < 1.29 is 4.74 Å². The third-order valence-corrected chi connectivity index (χ3v) is 2.44. The fourth-order valence-corrected chi connectivity index (χ4v) is 1.63. The molecule has 0 spiro atoms. The predicted octanol–water partition coefficient (Wildman–Crippen LogP) is 2.94. The molecule has 0 aliphatic rings. The van der Waals surface area contributed by atoms with Crippen molar-refractivity contribution in [1.82, 2.24) is 4.98 Å². The highest BCUT2D eigenvalue weighted by Crippen LogP contribution is 2.27. The minimum absolute atomic E-state index is 0.377. The minimum atomic E-state index is 0.377. The molecule has 0 aliphatic heterocycles. The van der Waals surface area contributed by atoms with Gasteiger partial charge in [-0.3, -0.25) is 0 Å². The van der Waals surface area contributed by atoms with E-state index < -0.39 is 0 Å². The maximum absolute atomic E-state index is 8.89. The van der Waals surface area contributed by atoms with Crippen LogP contribution in [0.5, 0.6) is 11.6 Å². The quantitative estimate of drug-likeness (QED) is 0.818. The zero-order valence-electron chi connectivity index (χ0n) is 10.3. The number of nitrogen functional groups attached to an aromatic ring is 1. The van der Waals surface area contributed by atoms with Crippen LogP contribution in [0.1, 0.15) is 16.8 Å². The Balaban J connectivity index is 2.34. The second-order valence-electron chi connectivity index (χ2n) is 4.09. The fraction of sp³-hybridized carbons (Fsp3) is 0.143. The van der Waals surface area contributed by atoms with Gasteiger partial charge in [-0.05, 0) is 37.6 Å². The summed E-state index contributed by atoms with van der Waals surface area (Å²) in [6.45, 7) is 3.77. The van der Waals surface area contributed by atoms with Crippen LogP contribution in [0.4, 0.5) is 5.69 Å². The van der Waals surface area contributed by atoms with E-state index >= 15 is 0 Å². The van der Waals surface area contributed by atoms with Gasteiger partial charge in [0.25, 0.3) is 0 Å². The molecule has 0 saturated carbocycles. The van der Waals surface area contributed by atoms with E-state index in [9.17, 15) is 0 Å². The molecule has 0 amide bonds. The Labute approximate surface area is 106 Å². The molecule has 4 heteroatoms. The van der Waals surface area contributed by atoms with Crippen LogP contribution in [0.25, 0.3) is 0 Å². The average molecular weight is 239 g/mol. The number of ether oxygens (including phenoxy) is 1. The first-order chi connectivity index (χ1) is 8.58. The van der Waals surface area contributed by atoms with Crippen LogP contribution in [0.15, 0.2) is 30.3 Å². The molecular formula is C14H13N3O. The Morgan fingerprint density at radius 1 is 1.22 bits per heavy atom. The Morgan fingerprint density at radius 3 is 2.67 bits per heavy atom. The zero-order valence-corrected chi connectivity index (χ0v) is 10.3. The maximum Gasteiger partial charge on any atom is 0.220 e. The summed E-state index contributed by atoms with van der Waals surface area (Å²) in [6.07, 6.45) is 0. The van der Waals surface area contributed by atoms with Crippen LogP contribution in [-0.2, 0) is 0 Å². The van der Waals surface area contributed by atoms with Gasteiger partial charge < -0.3 is 10.5 Å². The van der Waals surface area contributed by atoms with Gasteiger partial charge in [0.1, 0.15) is 0 Å². The van der Waals surface area contributed by atoms with Crippen molar-refractivity contribution in [3.63, 3.8) is 0 Å². The molecule has 1 heterocycles. The molecule has 0 radical (unpaired) electrons. The standard InChI is InChI=1S/C14H13N3O/c1-9-3-4-13(12(16)5-9)18-14-7-11(8-15)6-10(2)17-14/h3-7H,16H2,1-2H3. The summed E-state index contributed by atoms with van der Waals surface area (Å²) in [5, 5.41) is 8.89. The van der Waals surface area contributed by atoms with Crippen molar-refractivity contribution in [3.05, 3.63) is 47.2 Å². The van der Waals surface area contributed by atoms with E-state index in [1.165, 1.54) is 0 Å². The third-order valence-electron chi connectivity index (χ3n) is 2.44. The fourth-order valence-electron chi connectivity index (χ4n) is 1.63. The summed E-state index contributed by atoms with van der Waals surface area (Å²) < 4.78 is 5.60. The Morgan fingerprint density at radius 2 is 2.00 bits per heavy atom. The van der Waals surface area contributed by atoms with Crippen LogP contribution < -0.4 is 10.5 Å². The Kier molecular flexibility index (Phi) is 3.16. The molecule has 0 atom stereocenters. The van der Waals surface area contributed by atoms with Crippen molar-refractivity contribution in [2.45, 2.75) is 13.8 Å². The second-order valence-corrected chi connectivity index (χ2v) is 4.09. The van der Waals surface area contributed by atoms with Crippen LogP contribution in [-0.4, -0.2) is 4.98 Å². The Hall–Kier alpha value is -2.54. The lowest BCUT2D eigenvalue weighted by Crippen LogP contribution is -1.95. The van der Waals surface area contributed by atoms with Crippen LogP contribution in [0.2, 0.25) is 0 Å². The van der Waals surface area contributed by atoms with Crippen molar-refractivity contribution in [2.24, 2.45) is 0 Å². The Bertz CT molecular complexity index is 629. The van der Waals surface area contributed by atoms with Crippen LogP contribution in [0.3, 0.4) is 0 Å². The number of anilines is 1. The molecule has 0 saturated heterocycles. The van der Waals surface area contributed by atoms with Crippen LogP contribution in [0, 0.1) is 25.2 Å². The third kappa shape index (κ3) is 2.58. The number of hydrogen-bond donors (Lipinski definition) is 1. The maximum atomic E-state index is 8.89. The molecule has 0 unspecified atom stereocenters. The first kappa shape index (κ1) is 11.9.